The van der Waals surface area contributed by atoms with Gasteiger partial charge in [-0.2, -0.15) is 0 Å². The zero-order chi connectivity index (χ0) is 16.8. The molecule has 0 aliphatic carbocycles. The predicted octanol–water partition coefficient (Wildman–Crippen LogP) is 2.92. The molecule has 6 heteroatoms. The summed E-state index contributed by atoms with van der Waals surface area (Å²) in [5, 5.41) is 8.71. The van der Waals surface area contributed by atoms with Gasteiger partial charge in [-0.25, -0.2) is 0 Å². The Balaban J connectivity index is 2.08. The van der Waals surface area contributed by atoms with Gasteiger partial charge < -0.3 is 16.0 Å². The van der Waals surface area contributed by atoms with E-state index in [0.717, 1.165) is 11.4 Å². The molecule has 0 unspecified atom stereocenters. The molecule has 6 nitrogen and oxygen atoms in total. The minimum absolute atomic E-state index is 0.0698. The van der Waals surface area contributed by atoms with Crippen LogP contribution in [0.3, 0.4) is 0 Å². The van der Waals surface area contributed by atoms with Crippen LogP contribution in [0.4, 0.5) is 17.1 Å². The van der Waals surface area contributed by atoms with Crippen LogP contribution in [-0.2, 0) is 4.79 Å². The van der Waals surface area contributed by atoms with Gasteiger partial charge in [0.15, 0.2) is 0 Å². The third-order valence-electron chi connectivity index (χ3n) is 2.91. The number of carbonyl (C=O) groups is 2. The summed E-state index contributed by atoms with van der Waals surface area (Å²) in [7, 11) is 0. The molecule has 0 saturated carbocycles. The third-order valence-corrected chi connectivity index (χ3v) is 2.91. The Kier molecular flexibility index (Phi) is 5.30. The molecule has 0 aliphatic heterocycles. The Morgan fingerprint density at radius 2 is 1.65 bits per heavy atom. The third kappa shape index (κ3) is 5.10. The number of carbonyl (C=O) groups excluding carboxylic acids is 2. The number of anilines is 3. The van der Waals surface area contributed by atoms with E-state index in [4.69, 9.17) is 0 Å². The van der Waals surface area contributed by atoms with Crippen molar-refractivity contribution in [2.75, 3.05) is 10.6 Å². The van der Waals surface area contributed by atoms with Crippen LogP contribution in [0.5, 0.6) is 0 Å². The summed E-state index contributed by atoms with van der Waals surface area (Å²) in [4.78, 5) is 27.1. The van der Waals surface area contributed by atoms with Crippen molar-refractivity contribution in [2.45, 2.75) is 26.8 Å². The Hall–Kier alpha value is -2.89. The van der Waals surface area contributed by atoms with E-state index >= 15 is 0 Å². The maximum Gasteiger partial charge on any atom is 0.253 e. The first kappa shape index (κ1) is 16.5. The molecular formula is C17H20N4O2. The van der Waals surface area contributed by atoms with Crippen molar-refractivity contribution in [1.29, 1.82) is 0 Å². The summed E-state index contributed by atoms with van der Waals surface area (Å²) in [6, 6.07) is 9.09. The van der Waals surface area contributed by atoms with E-state index in [1.807, 2.05) is 26.0 Å². The molecule has 0 radical (unpaired) electrons. The van der Waals surface area contributed by atoms with Gasteiger partial charge in [0.2, 0.25) is 5.91 Å². The number of pyridine rings is 1. The zero-order valence-electron chi connectivity index (χ0n) is 13.4. The molecule has 2 rings (SSSR count). The van der Waals surface area contributed by atoms with Crippen molar-refractivity contribution in [3.63, 3.8) is 0 Å². The minimum atomic E-state index is -0.155. The summed E-state index contributed by atoms with van der Waals surface area (Å²) in [5.74, 6) is -0.268. The molecule has 2 amide bonds. The van der Waals surface area contributed by atoms with E-state index in [9.17, 15) is 9.59 Å². The number of rotatable bonds is 5. The summed E-state index contributed by atoms with van der Waals surface area (Å²) < 4.78 is 0. The first-order valence-electron chi connectivity index (χ1n) is 7.34. The highest BCUT2D eigenvalue weighted by Crippen LogP contribution is 2.19. The fourth-order valence-corrected chi connectivity index (χ4v) is 1.98. The quantitative estimate of drug-likeness (QED) is 0.792. The second-order valence-corrected chi connectivity index (χ2v) is 5.47. The lowest BCUT2D eigenvalue weighted by atomic mass is 10.2. The predicted molar refractivity (Wildman–Crippen MR) is 90.9 cm³/mol. The molecule has 3 N–H and O–H groups in total. The average molecular weight is 312 g/mol. The Morgan fingerprint density at radius 1 is 1.00 bits per heavy atom. The molecule has 0 aliphatic rings. The van der Waals surface area contributed by atoms with Crippen molar-refractivity contribution >= 4 is 28.9 Å². The zero-order valence-corrected chi connectivity index (χ0v) is 13.4. The number of aromatic nitrogens is 1. The number of nitrogens with zero attached hydrogens (tertiary/aromatic N) is 1. The second-order valence-electron chi connectivity index (χ2n) is 5.47. The Morgan fingerprint density at radius 3 is 2.26 bits per heavy atom. The van der Waals surface area contributed by atoms with Crippen LogP contribution >= 0.6 is 0 Å². The van der Waals surface area contributed by atoms with E-state index in [1.54, 1.807) is 24.4 Å². The molecule has 0 bridgehead atoms. The number of amides is 2. The largest absolute Gasteiger partial charge is 0.354 e. The Labute approximate surface area is 135 Å². The van der Waals surface area contributed by atoms with Crippen molar-refractivity contribution in [3.05, 3.63) is 48.3 Å². The number of hydrogen-bond acceptors (Lipinski definition) is 4. The molecule has 120 valence electrons. The molecule has 0 atom stereocenters. The molecular weight excluding hydrogens is 292 g/mol. The lowest BCUT2D eigenvalue weighted by Crippen LogP contribution is -2.30. The van der Waals surface area contributed by atoms with E-state index in [1.165, 1.54) is 13.1 Å². The van der Waals surface area contributed by atoms with Gasteiger partial charge in [0.05, 0.1) is 17.4 Å². The van der Waals surface area contributed by atoms with Gasteiger partial charge in [0.1, 0.15) is 0 Å². The van der Waals surface area contributed by atoms with E-state index in [2.05, 4.69) is 20.9 Å². The average Bonchev–Trinajstić information content (AvgIpc) is 2.48. The van der Waals surface area contributed by atoms with Crippen molar-refractivity contribution in [1.82, 2.24) is 10.3 Å². The highest BCUT2D eigenvalue weighted by atomic mass is 16.2. The summed E-state index contributed by atoms with van der Waals surface area (Å²) in [6.45, 7) is 5.28. The van der Waals surface area contributed by atoms with Crippen molar-refractivity contribution in [2.24, 2.45) is 0 Å². The smallest absolute Gasteiger partial charge is 0.253 e. The number of nitrogens with one attached hydrogen (secondary N) is 3. The summed E-state index contributed by atoms with van der Waals surface area (Å²) in [6.07, 6.45) is 3.18. The van der Waals surface area contributed by atoms with Gasteiger partial charge in [0.25, 0.3) is 5.91 Å². The number of benzene rings is 1. The molecule has 1 aromatic heterocycles. The van der Waals surface area contributed by atoms with Crippen LogP contribution < -0.4 is 16.0 Å². The van der Waals surface area contributed by atoms with Gasteiger partial charge in [-0.05, 0) is 44.2 Å². The van der Waals surface area contributed by atoms with E-state index in [-0.39, 0.29) is 17.9 Å². The minimum Gasteiger partial charge on any atom is -0.354 e. The van der Waals surface area contributed by atoms with Gasteiger partial charge >= 0.3 is 0 Å². The van der Waals surface area contributed by atoms with Gasteiger partial charge in [-0.15, -0.1) is 0 Å². The van der Waals surface area contributed by atoms with Gasteiger partial charge in [-0.3, -0.25) is 14.6 Å². The molecule has 2 aromatic rings. The Bertz CT molecular complexity index is 696. The molecule has 23 heavy (non-hydrogen) atoms. The number of hydrogen-bond donors (Lipinski definition) is 3. The van der Waals surface area contributed by atoms with E-state index < -0.39 is 0 Å². The topological polar surface area (TPSA) is 83.1 Å². The SMILES string of the molecule is CC(=O)Nc1ccc(Nc2cncc(C(=O)NC(C)C)c2)cc1. The highest BCUT2D eigenvalue weighted by Gasteiger charge is 2.08. The summed E-state index contributed by atoms with van der Waals surface area (Å²) >= 11 is 0. The molecule has 1 aromatic carbocycles. The van der Waals surface area contributed by atoms with Crippen LogP contribution in [0.2, 0.25) is 0 Å². The van der Waals surface area contributed by atoms with Crippen molar-refractivity contribution in [3.8, 4) is 0 Å². The maximum absolute atomic E-state index is 12.0. The normalized spacial score (nSPS) is 10.3. The monoisotopic (exact) mass is 312 g/mol. The highest BCUT2D eigenvalue weighted by molar-refractivity contribution is 5.95. The van der Waals surface area contributed by atoms with Gasteiger partial charge in [0, 0.05) is 30.5 Å². The lowest BCUT2D eigenvalue weighted by molar-refractivity contribution is -0.114. The van der Waals surface area contributed by atoms with E-state index in [0.29, 0.717) is 11.3 Å². The fraction of sp³-hybridized carbons (Fsp3) is 0.235. The molecule has 0 spiro atoms. The standard InChI is InChI=1S/C17H20N4O2/c1-11(2)19-17(23)13-8-16(10-18-9-13)21-15-6-4-14(5-7-15)20-12(3)22/h4-11,21H,1-3H3,(H,19,23)(H,20,22). The molecule has 0 saturated heterocycles. The first-order valence-corrected chi connectivity index (χ1v) is 7.34. The lowest BCUT2D eigenvalue weighted by Gasteiger charge is -2.11. The van der Waals surface area contributed by atoms with Gasteiger partial charge in [-0.1, -0.05) is 0 Å². The molecule has 0 fully saturated rings. The van der Waals surface area contributed by atoms with Crippen LogP contribution in [0, 0.1) is 0 Å². The fourth-order valence-electron chi connectivity index (χ4n) is 1.98. The van der Waals surface area contributed by atoms with Crippen LogP contribution in [0.1, 0.15) is 31.1 Å². The van der Waals surface area contributed by atoms with Crippen LogP contribution in [0.25, 0.3) is 0 Å². The summed E-state index contributed by atoms with van der Waals surface area (Å²) in [5.41, 5.74) is 2.78. The maximum atomic E-state index is 12.0. The second kappa shape index (κ2) is 7.40. The van der Waals surface area contributed by atoms with Crippen molar-refractivity contribution < 1.29 is 9.59 Å². The van der Waals surface area contributed by atoms with Crippen LogP contribution in [0.15, 0.2) is 42.7 Å². The van der Waals surface area contributed by atoms with Crippen LogP contribution in [-0.4, -0.2) is 22.8 Å². The molecule has 1 heterocycles. The first-order chi connectivity index (χ1) is 10.9.